The second kappa shape index (κ2) is 4.57. The highest BCUT2D eigenvalue weighted by molar-refractivity contribution is 5.83. The highest BCUT2D eigenvalue weighted by Crippen LogP contribution is 2.31. The Morgan fingerprint density at radius 2 is 2.00 bits per heavy atom. The van der Waals surface area contributed by atoms with Gasteiger partial charge in [0, 0.05) is 19.5 Å². The summed E-state index contributed by atoms with van der Waals surface area (Å²) in [5.74, 6) is 1.01. The number of benzene rings is 1. The van der Waals surface area contributed by atoms with Crippen molar-refractivity contribution in [2.45, 2.75) is 26.2 Å². The van der Waals surface area contributed by atoms with Crippen LogP contribution in [0, 0.1) is 0 Å². The lowest BCUT2D eigenvalue weighted by Crippen LogP contribution is -2.25. The summed E-state index contributed by atoms with van der Waals surface area (Å²) < 4.78 is 11.0. The summed E-state index contributed by atoms with van der Waals surface area (Å²) in [6.07, 6.45) is -0.443. The number of fused-ring (bicyclic) bond motifs is 1. The zero-order chi connectivity index (χ0) is 14.2. The van der Waals surface area contributed by atoms with E-state index < -0.39 is 6.09 Å². The Kier molecular flexibility index (Phi) is 3.22. The van der Waals surface area contributed by atoms with Gasteiger partial charge in [0.1, 0.15) is 5.52 Å². The Bertz CT molecular complexity index is 609. The van der Waals surface area contributed by atoms with Gasteiger partial charge < -0.3 is 14.1 Å². The third-order valence-corrected chi connectivity index (χ3v) is 2.58. The highest BCUT2D eigenvalue weighted by Gasteiger charge is 2.23. The first-order chi connectivity index (χ1) is 8.79. The smallest absolute Gasteiger partial charge is 0.414 e. The molecule has 0 aliphatic heterocycles. The monoisotopic (exact) mass is 262 g/mol. The predicted octanol–water partition coefficient (Wildman–Crippen LogP) is 3.19. The van der Waals surface area contributed by atoms with Crippen molar-refractivity contribution < 1.29 is 13.9 Å². The molecule has 0 saturated heterocycles. The average molecular weight is 262 g/mol. The molecule has 0 unspecified atom stereocenters. The van der Waals surface area contributed by atoms with Gasteiger partial charge in [-0.2, -0.15) is 0 Å². The van der Waals surface area contributed by atoms with E-state index in [1.165, 1.54) is 4.90 Å². The second-order valence-electron chi connectivity index (χ2n) is 5.64. The lowest BCUT2D eigenvalue weighted by atomic mass is 9.97. The van der Waals surface area contributed by atoms with Crippen molar-refractivity contribution in [3.8, 4) is 5.75 Å². The number of carbonyl (C=O) groups is 1. The van der Waals surface area contributed by atoms with Gasteiger partial charge in [0.15, 0.2) is 11.3 Å². The quantitative estimate of drug-likeness (QED) is 0.792. The van der Waals surface area contributed by atoms with Crippen LogP contribution in [-0.4, -0.2) is 30.1 Å². The summed E-state index contributed by atoms with van der Waals surface area (Å²) in [5, 5.41) is 0. The molecule has 0 bridgehead atoms. The molecular weight excluding hydrogens is 244 g/mol. The second-order valence-corrected chi connectivity index (χ2v) is 5.64. The zero-order valence-electron chi connectivity index (χ0n) is 11.9. The van der Waals surface area contributed by atoms with Gasteiger partial charge in [0.2, 0.25) is 5.89 Å². The molecule has 1 aromatic heterocycles. The van der Waals surface area contributed by atoms with Crippen molar-refractivity contribution in [1.82, 2.24) is 9.88 Å². The fraction of sp³-hybridized carbons (Fsp3) is 0.429. The van der Waals surface area contributed by atoms with Crippen LogP contribution in [0.25, 0.3) is 11.1 Å². The first kappa shape index (κ1) is 13.4. The maximum atomic E-state index is 11.6. The maximum absolute atomic E-state index is 11.6. The molecule has 19 heavy (non-hydrogen) atoms. The number of carbonyl (C=O) groups excluding carboxylic acids is 1. The van der Waals surface area contributed by atoms with Crippen molar-refractivity contribution in [2.24, 2.45) is 0 Å². The summed E-state index contributed by atoms with van der Waals surface area (Å²) in [6.45, 7) is 6.05. The number of hydrogen-bond acceptors (Lipinski definition) is 4. The van der Waals surface area contributed by atoms with E-state index in [-0.39, 0.29) is 5.41 Å². The topological polar surface area (TPSA) is 55.6 Å². The van der Waals surface area contributed by atoms with Crippen LogP contribution in [0.5, 0.6) is 5.75 Å². The third-order valence-electron chi connectivity index (χ3n) is 2.58. The molecule has 1 amide bonds. The zero-order valence-corrected chi connectivity index (χ0v) is 11.9. The van der Waals surface area contributed by atoms with Crippen molar-refractivity contribution >= 4 is 17.2 Å². The maximum Gasteiger partial charge on any atom is 0.414 e. The Hall–Kier alpha value is -2.04. The predicted molar refractivity (Wildman–Crippen MR) is 72.4 cm³/mol. The Morgan fingerprint density at radius 3 is 2.58 bits per heavy atom. The summed E-state index contributed by atoms with van der Waals surface area (Å²) in [4.78, 5) is 17.4. The molecule has 0 radical (unpaired) electrons. The van der Waals surface area contributed by atoms with Crippen LogP contribution in [0.1, 0.15) is 26.7 Å². The average Bonchev–Trinajstić information content (AvgIpc) is 2.73. The molecule has 0 fully saturated rings. The first-order valence-electron chi connectivity index (χ1n) is 6.08. The van der Waals surface area contributed by atoms with E-state index in [0.29, 0.717) is 22.7 Å². The van der Waals surface area contributed by atoms with Crippen molar-refractivity contribution in [1.29, 1.82) is 0 Å². The van der Waals surface area contributed by atoms with E-state index in [0.717, 1.165) is 0 Å². The fourth-order valence-electron chi connectivity index (χ4n) is 1.51. The van der Waals surface area contributed by atoms with Crippen LogP contribution in [0.2, 0.25) is 0 Å². The van der Waals surface area contributed by atoms with Gasteiger partial charge >= 0.3 is 6.09 Å². The van der Waals surface area contributed by atoms with Crippen molar-refractivity contribution in [2.75, 3.05) is 14.1 Å². The lowest BCUT2D eigenvalue weighted by Gasteiger charge is -2.12. The molecule has 0 atom stereocenters. The molecule has 2 aromatic rings. The van der Waals surface area contributed by atoms with Crippen LogP contribution in [0.4, 0.5) is 4.79 Å². The molecular formula is C14H18N2O3. The van der Waals surface area contributed by atoms with Crippen LogP contribution < -0.4 is 4.74 Å². The molecule has 0 saturated carbocycles. The van der Waals surface area contributed by atoms with Crippen LogP contribution in [-0.2, 0) is 5.41 Å². The van der Waals surface area contributed by atoms with Gasteiger partial charge in [-0.3, -0.25) is 0 Å². The molecule has 0 aliphatic rings. The summed E-state index contributed by atoms with van der Waals surface area (Å²) >= 11 is 0. The molecule has 5 nitrogen and oxygen atoms in total. The molecule has 1 aromatic carbocycles. The van der Waals surface area contributed by atoms with E-state index >= 15 is 0 Å². The number of oxazole rings is 1. The van der Waals surface area contributed by atoms with Gasteiger partial charge in [-0.05, 0) is 12.1 Å². The number of amides is 1. The lowest BCUT2D eigenvalue weighted by molar-refractivity contribution is 0.172. The standard InChI is InChI=1S/C14H18N2O3/c1-14(2,3)12-15-9-7-6-8-10(11(9)19-12)18-13(17)16(4)5/h6-8H,1-5H3. The molecule has 2 rings (SSSR count). The SMILES string of the molecule is CN(C)C(=O)Oc1cccc2nc(C(C)(C)C)oc12. The minimum atomic E-state index is -0.443. The Labute approximate surface area is 112 Å². The molecule has 5 heteroatoms. The number of nitrogens with zero attached hydrogens (tertiary/aromatic N) is 2. The summed E-state index contributed by atoms with van der Waals surface area (Å²) in [6, 6.07) is 5.32. The largest absolute Gasteiger partial charge is 0.436 e. The number of hydrogen-bond donors (Lipinski definition) is 0. The Balaban J connectivity index is 2.45. The van der Waals surface area contributed by atoms with Crippen LogP contribution in [0.15, 0.2) is 22.6 Å². The molecule has 102 valence electrons. The number of ether oxygens (including phenoxy) is 1. The van der Waals surface area contributed by atoms with Gasteiger partial charge in [-0.25, -0.2) is 9.78 Å². The number of aromatic nitrogens is 1. The van der Waals surface area contributed by atoms with E-state index in [4.69, 9.17) is 9.15 Å². The first-order valence-corrected chi connectivity index (χ1v) is 6.08. The molecule has 0 spiro atoms. The van der Waals surface area contributed by atoms with E-state index in [2.05, 4.69) is 4.98 Å². The number of para-hydroxylation sites is 1. The molecule has 0 aliphatic carbocycles. The van der Waals surface area contributed by atoms with Gasteiger partial charge in [-0.1, -0.05) is 26.8 Å². The van der Waals surface area contributed by atoms with Crippen LogP contribution >= 0.6 is 0 Å². The van der Waals surface area contributed by atoms with E-state index in [1.807, 2.05) is 26.8 Å². The third kappa shape index (κ3) is 2.70. The fourth-order valence-corrected chi connectivity index (χ4v) is 1.51. The minimum absolute atomic E-state index is 0.193. The normalized spacial score (nSPS) is 11.6. The highest BCUT2D eigenvalue weighted by atomic mass is 16.6. The van der Waals surface area contributed by atoms with E-state index in [9.17, 15) is 4.79 Å². The van der Waals surface area contributed by atoms with Gasteiger partial charge in [0.25, 0.3) is 0 Å². The van der Waals surface area contributed by atoms with Gasteiger partial charge in [-0.15, -0.1) is 0 Å². The molecule has 1 heterocycles. The Morgan fingerprint density at radius 1 is 1.32 bits per heavy atom. The van der Waals surface area contributed by atoms with Crippen LogP contribution in [0.3, 0.4) is 0 Å². The summed E-state index contributed by atoms with van der Waals surface area (Å²) in [7, 11) is 3.26. The minimum Gasteiger partial charge on any atom is -0.436 e. The summed E-state index contributed by atoms with van der Waals surface area (Å²) in [5.41, 5.74) is 0.999. The van der Waals surface area contributed by atoms with Crippen molar-refractivity contribution in [3.63, 3.8) is 0 Å². The molecule has 0 N–H and O–H groups in total. The van der Waals surface area contributed by atoms with Crippen molar-refractivity contribution in [3.05, 3.63) is 24.1 Å². The van der Waals surface area contributed by atoms with Gasteiger partial charge in [0.05, 0.1) is 0 Å². The van der Waals surface area contributed by atoms with E-state index in [1.54, 1.807) is 26.2 Å². The number of rotatable bonds is 1.